The molecule has 0 aliphatic rings. The van der Waals surface area contributed by atoms with E-state index in [0.717, 1.165) is 5.75 Å². The van der Waals surface area contributed by atoms with Gasteiger partial charge in [0.1, 0.15) is 0 Å². The van der Waals surface area contributed by atoms with E-state index in [1.54, 1.807) is 30.6 Å². The largest absolute Gasteiger partial charge is 0.336 e. The summed E-state index contributed by atoms with van der Waals surface area (Å²) in [6.07, 6.45) is 0.509. The van der Waals surface area contributed by atoms with Gasteiger partial charge in [-0.2, -0.15) is 11.8 Å². The van der Waals surface area contributed by atoms with Crippen LogP contribution in [0.3, 0.4) is 0 Å². The lowest BCUT2D eigenvalue weighted by molar-refractivity contribution is -0.138. The van der Waals surface area contributed by atoms with Gasteiger partial charge in [0.2, 0.25) is 5.91 Å². The Kier molecular flexibility index (Phi) is 7.51. The van der Waals surface area contributed by atoms with E-state index >= 15 is 0 Å². The SMILES string of the molecule is CC(C)SCCC(=O)N(C)[C@@H](C)C(=O)C(C)C. The van der Waals surface area contributed by atoms with Crippen molar-refractivity contribution in [2.24, 2.45) is 5.92 Å². The highest BCUT2D eigenvalue weighted by Crippen LogP contribution is 2.12. The second kappa shape index (κ2) is 7.75. The Labute approximate surface area is 109 Å². The third kappa shape index (κ3) is 6.10. The molecule has 0 aliphatic carbocycles. The molecular formula is C13H25NO2S. The van der Waals surface area contributed by atoms with E-state index in [1.165, 1.54) is 0 Å². The number of carbonyl (C=O) groups is 2. The Morgan fingerprint density at radius 2 is 1.65 bits per heavy atom. The molecule has 17 heavy (non-hydrogen) atoms. The Morgan fingerprint density at radius 3 is 2.06 bits per heavy atom. The number of hydrogen-bond acceptors (Lipinski definition) is 3. The Balaban J connectivity index is 4.16. The number of nitrogens with zero attached hydrogens (tertiary/aromatic N) is 1. The molecule has 0 radical (unpaired) electrons. The van der Waals surface area contributed by atoms with E-state index in [0.29, 0.717) is 11.7 Å². The van der Waals surface area contributed by atoms with Crippen molar-refractivity contribution in [2.75, 3.05) is 12.8 Å². The summed E-state index contributed by atoms with van der Waals surface area (Å²) >= 11 is 1.77. The predicted molar refractivity (Wildman–Crippen MR) is 74.3 cm³/mol. The zero-order valence-electron chi connectivity index (χ0n) is 11.8. The molecule has 0 aliphatic heterocycles. The van der Waals surface area contributed by atoms with E-state index < -0.39 is 0 Å². The molecule has 1 amide bonds. The van der Waals surface area contributed by atoms with Crippen LogP contribution in [0.1, 0.15) is 41.0 Å². The van der Waals surface area contributed by atoms with Gasteiger partial charge in [-0.15, -0.1) is 0 Å². The molecule has 0 aromatic rings. The van der Waals surface area contributed by atoms with Crippen molar-refractivity contribution in [2.45, 2.75) is 52.3 Å². The van der Waals surface area contributed by atoms with Crippen LogP contribution in [-0.4, -0.2) is 40.7 Å². The summed E-state index contributed by atoms with van der Waals surface area (Å²) in [4.78, 5) is 25.2. The van der Waals surface area contributed by atoms with Crippen LogP contribution in [-0.2, 0) is 9.59 Å². The van der Waals surface area contributed by atoms with Crippen LogP contribution in [0.2, 0.25) is 0 Å². The summed E-state index contributed by atoms with van der Waals surface area (Å²) in [5, 5.41) is 0.544. The second-order valence-electron chi connectivity index (χ2n) is 4.91. The molecule has 0 N–H and O–H groups in total. The highest BCUT2D eigenvalue weighted by atomic mass is 32.2. The third-order valence-electron chi connectivity index (χ3n) is 2.72. The molecule has 1 atom stereocenters. The Bertz CT molecular complexity index is 264. The topological polar surface area (TPSA) is 37.4 Å². The number of hydrogen-bond donors (Lipinski definition) is 0. The second-order valence-corrected chi connectivity index (χ2v) is 6.59. The molecule has 0 rings (SSSR count). The van der Waals surface area contributed by atoms with Crippen molar-refractivity contribution in [1.82, 2.24) is 4.90 Å². The minimum Gasteiger partial charge on any atom is -0.336 e. The zero-order valence-corrected chi connectivity index (χ0v) is 12.6. The quantitative estimate of drug-likeness (QED) is 0.705. The van der Waals surface area contributed by atoms with Gasteiger partial charge in [0.15, 0.2) is 5.78 Å². The molecule has 3 nitrogen and oxygen atoms in total. The molecular weight excluding hydrogens is 234 g/mol. The highest BCUT2D eigenvalue weighted by molar-refractivity contribution is 7.99. The van der Waals surface area contributed by atoms with Crippen LogP contribution >= 0.6 is 11.8 Å². The summed E-state index contributed by atoms with van der Waals surface area (Å²) in [5.74, 6) is 0.978. The molecule has 0 saturated heterocycles. The molecule has 0 bridgehead atoms. The summed E-state index contributed by atoms with van der Waals surface area (Å²) in [6.45, 7) is 9.76. The van der Waals surface area contributed by atoms with Gasteiger partial charge in [0.05, 0.1) is 6.04 Å². The number of likely N-dealkylation sites (N-methyl/N-ethyl adjacent to an activating group) is 1. The first kappa shape index (κ1) is 16.5. The third-order valence-corrected chi connectivity index (χ3v) is 3.83. The molecule has 0 spiro atoms. The van der Waals surface area contributed by atoms with Gasteiger partial charge in [-0.1, -0.05) is 27.7 Å². The lowest BCUT2D eigenvalue weighted by Gasteiger charge is -2.25. The van der Waals surface area contributed by atoms with Gasteiger partial charge in [0.25, 0.3) is 0 Å². The molecule has 0 aromatic heterocycles. The van der Waals surface area contributed by atoms with Crippen molar-refractivity contribution in [3.05, 3.63) is 0 Å². The summed E-state index contributed by atoms with van der Waals surface area (Å²) in [7, 11) is 1.72. The molecule has 0 unspecified atom stereocenters. The molecule has 0 aromatic carbocycles. The average Bonchev–Trinajstić information content (AvgIpc) is 2.25. The normalized spacial score (nSPS) is 12.9. The van der Waals surface area contributed by atoms with Gasteiger partial charge >= 0.3 is 0 Å². The maximum absolute atomic E-state index is 11.9. The van der Waals surface area contributed by atoms with Crippen LogP contribution < -0.4 is 0 Å². The lowest BCUT2D eigenvalue weighted by atomic mass is 10.0. The molecule has 0 heterocycles. The van der Waals surface area contributed by atoms with Gasteiger partial charge in [-0.3, -0.25) is 9.59 Å². The molecule has 100 valence electrons. The molecule has 0 saturated carbocycles. The van der Waals surface area contributed by atoms with E-state index in [2.05, 4.69) is 13.8 Å². The summed E-state index contributed by atoms with van der Waals surface area (Å²) in [5.41, 5.74) is 0. The number of Topliss-reactive ketones (excluding diaryl/α,β-unsaturated/α-hetero) is 1. The zero-order chi connectivity index (χ0) is 13.6. The predicted octanol–water partition coefficient (Wildman–Crippen LogP) is 2.59. The van der Waals surface area contributed by atoms with Crippen LogP contribution in [0.25, 0.3) is 0 Å². The fraction of sp³-hybridized carbons (Fsp3) is 0.846. The van der Waals surface area contributed by atoms with Crippen LogP contribution in [0.4, 0.5) is 0 Å². The average molecular weight is 259 g/mol. The Morgan fingerprint density at radius 1 is 1.12 bits per heavy atom. The van der Waals surface area contributed by atoms with Crippen molar-refractivity contribution < 1.29 is 9.59 Å². The first-order chi connectivity index (χ1) is 7.77. The van der Waals surface area contributed by atoms with E-state index in [-0.39, 0.29) is 23.7 Å². The molecule has 4 heteroatoms. The maximum Gasteiger partial charge on any atom is 0.223 e. The minimum atomic E-state index is -0.313. The van der Waals surface area contributed by atoms with Crippen molar-refractivity contribution in [3.63, 3.8) is 0 Å². The standard InChI is InChI=1S/C13H25NO2S/c1-9(2)13(16)11(5)14(6)12(15)7-8-17-10(3)4/h9-11H,7-8H2,1-6H3/t11-/m0/s1. The van der Waals surface area contributed by atoms with Crippen molar-refractivity contribution in [3.8, 4) is 0 Å². The molecule has 0 fully saturated rings. The van der Waals surface area contributed by atoms with Gasteiger partial charge < -0.3 is 4.90 Å². The smallest absolute Gasteiger partial charge is 0.223 e. The van der Waals surface area contributed by atoms with Crippen LogP contribution in [0, 0.1) is 5.92 Å². The number of carbonyl (C=O) groups excluding carboxylic acids is 2. The summed E-state index contributed by atoms with van der Waals surface area (Å²) < 4.78 is 0. The number of ketones is 1. The first-order valence-corrected chi connectivity index (χ1v) is 7.23. The van der Waals surface area contributed by atoms with Crippen LogP contribution in [0.15, 0.2) is 0 Å². The Hall–Kier alpha value is -0.510. The number of amides is 1. The fourth-order valence-corrected chi connectivity index (χ4v) is 2.21. The minimum absolute atomic E-state index is 0.0229. The maximum atomic E-state index is 11.9. The van der Waals surface area contributed by atoms with Crippen LogP contribution in [0.5, 0.6) is 0 Å². The highest BCUT2D eigenvalue weighted by Gasteiger charge is 2.23. The van der Waals surface area contributed by atoms with E-state index in [1.807, 2.05) is 13.8 Å². The van der Waals surface area contributed by atoms with E-state index in [9.17, 15) is 9.59 Å². The lowest BCUT2D eigenvalue weighted by Crippen LogP contribution is -2.42. The van der Waals surface area contributed by atoms with Gasteiger partial charge in [-0.05, 0) is 12.2 Å². The van der Waals surface area contributed by atoms with Crippen molar-refractivity contribution in [1.29, 1.82) is 0 Å². The van der Waals surface area contributed by atoms with Gasteiger partial charge in [0, 0.05) is 25.1 Å². The van der Waals surface area contributed by atoms with Gasteiger partial charge in [-0.25, -0.2) is 0 Å². The van der Waals surface area contributed by atoms with Crippen molar-refractivity contribution >= 4 is 23.5 Å². The number of rotatable bonds is 7. The number of thioether (sulfide) groups is 1. The van der Waals surface area contributed by atoms with E-state index in [4.69, 9.17) is 0 Å². The fourth-order valence-electron chi connectivity index (χ4n) is 1.45. The summed E-state index contributed by atoms with van der Waals surface area (Å²) in [6, 6.07) is -0.313. The monoisotopic (exact) mass is 259 g/mol. The first-order valence-electron chi connectivity index (χ1n) is 6.18.